The molecule has 15 nitrogen and oxygen atoms in total. The van der Waals surface area contributed by atoms with E-state index in [0.717, 1.165) is 26.2 Å². The van der Waals surface area contributed by atoms with Crippen molar-refractivity contribution in [3.05, 3.63) is 47.8 Å². The van der Waals surface area contributed by atoms with Crippen LogP contribution in [0.25, 0.3) is 10.9 Å². The van der Waals surface area contributed by atoms with Gasteiger partial charge in [0.05, 0.1) is 22.4 Å². The molecule has 2 fully saturated rings. The van der Waals surface area contributed by atoms with Gasteiger partial charge >= 0.3 is 0 Å². The molecule has 5 rings (SSSR count). The number of nitrogens with two attached hydrogens (primary N) is 1. The number of likely N-dealkylation sites (N-methyl/N-ethyl adjacent to an activating group) is 1. The fraction of sp³-hybridized carbons (Fsp3) is 0.543. The molecule has 1 atom stereocenters. The number of allylic oxidation sites excluding steroid dienone is 1. The Labute approximate surface area is 300 Å². The Kier molecular flexibility index (Phi) is 11.5. The molecule has 16 heteroatoms. The predicted molar refractivity (Wildman–Crippen MR) is 199 cm³/mol. The van der Waals surface area contributed by atoms with Crippen LogP contribution >= 0.6 is 0 Å². The van der Waals surface area contributed by atoms with Gasteiger partial charge in [-0.1, -0.05) is 0 Å². The van der Waals surface area contributed by atoms with E-state index in [0.29, 0.717) is 78.2 Å². The average molecular weight is 722 g/mol. The van der Waals surface area contributed by atoms with E-state index in [1.807, 2.05) is 4.90 Å². The first-order valence-electron chi connectivity index (χ1n) is 17.3. The van der Waals surface area contributed by atoms with E-state index in [2.05, 4.69) is 53.9 Å². The second kappa shape index (κ2) is 15.5. The number of rotatable bonds is 11. The number of carbonyl (C=O) groups is 1. The lowest BCUT2D eigenvalue weighted by atomic mass is 10.2. The Balaban J connectivity index is 1.19. The summed E-state index contributed by atoms with van der Waals surface area (Å²) >= 11 is 0. The summed E-state index contributed by atoms with van der Waals surface area (Å²) in [6, 6.07) is 3.58. The van der Waals surface area contributed by atoms with E-state index < -0.39 is 14.6 Å². The minimum atomic E-state index is -3.83. The Morgan fingerprint density at radius 3 is 2.35 bits per heavy atom. The smallest absolute Gasteiger partial charge is 0.257 e. The molecule has 2 aliphatic heterocycles. The van der Waals surface area contributed by atoms with Crippen molar-refractivity contribution in [1.82, 2.24) is 34.6 Å². The quantitative estimate of drug-likeness (QED) is 0.194. The first kappa shape index (κ1) is 37.8. The summed E-state index contributed by atoms with van der Waals surface area (Å²) in [6.07, 6.45) is 5.29. The molecule has 0 spiro atoms. The molecule has 2 saturated heterocycles. The summed E-state index contributed by atoms with van der Waals surface area (Å²) in [7, 11) is -1.71. The molecule has 0 unspecified atom stereocenters. The van der Waals surface area contributed by atoms with E-state index >= 15 is 0 Å². The van der Waals surface area contributed by atoms with E-state index in [4.69, 9.17) is 15.9 Å². The maximum atomic E-state index is 13.8. The molecule has 2 aromatic heterocycles. The number of ether oxygens (including phenoxy) is 1. The number of anilines is 2. The third-order valence-corrected chi connectivity index (χ3v) is 12.2. The van der Waals surface area contributed by atoms with Crippen molar-refractivity contribution in [2.45, 2.75) is 63.6 Å². The van der Waals surface area contributed by atoms with Gasteiger partial charge in [0, 0.05) is 93.5 Å². The largest absolute Gasteiger partial charge is 0.492 e. The van der Waals surface area contributed by atoms with Crippen LogP contribution in [-0.4, -0.2) is 131 Å². The molecule has 4 N–H and O–H groups in total. The molecular formula is C35H51N11O4S. The fourth-order valence-electron chi connectivity index (χ4n) is 5.89. The number of amides is 1. The Hall–Kier alpha value is -4.41. The van der Waals surface area contributed by atoms with Crippen LogP contribution in [0.1, 0.15) is 58.3 Å². The summed E-state index contributed by atoms with van der Waals surface area (Å²) in [5.41, 5.74) is 8.01. The maximum absolute atomic E-state index is 13.8. The number of hydrogen-bond acceptors (Lipinski definition) is 14. The van der Waals surface area contributed by atoms with E-state index in [1.54, 1.807) is 53.1 Å². The number of carbonyl (C=O) groups excluding carboxylic acids is 1. The second-order valence-corrected chi connectivity index (χ2v) is 17.0. The first-order chi connectivity index (χ1) is 24.1. The number of hydrogen-bond donors (Lipinski definition) is 3. The van der Waals surface area contributed by atoms with E-state index in [1.165, 1.54) is 12.4 Å². The van der Waals surface area contributed by atoms with Gasteiger partial charge in [0.25, 0.3) is 5.91 Å². The van der Waals surface area contributed by atoms with Gasteiger partial charge in [0.1, 0.15) is 28.6 Å². The van der Waals surface area contributed by atoms with Gasteiger partial charge in [0.15, 0.2) is 9.84 Å². The third-order valence-electron chi connectivity index (χ3n) is 9.68. The number of sulfone groups is 1. The monoisotopic (exact) mass is 721 g/mol. The molecule has 1 amide bonds. The highest BCUT2D eigenvalue weighted by Gasteiger charge is 2.34. The molecule has 2 aliphatic rings. The summed E-state index contributed by atoms with van der Waals surface area (Å²) in [5.74, 6) is 1.39. The predicted octanol–water partition coefficient (Wildman–Crippen LogP) is 3.00. The van der Waals surface area contributed by atoms with Crippen LogP contribution in [-0.2, 0) is 9.84 Å². The average Bonchev–Trinajstić information content (AvgIpc) is 3.10. The molecule has 276 valence electrons. The van der Waals surface area contributed by atoms with Crippen molar-refractivity contribution in [2.75, 3.05) is 76.2 Å². The van der Waals surface area contributed by atoms with Gasteiger partial charge in [-0.2, -0.15) is 0 Å². The number of piperazine rings is 2. The summed E-state index contributed by atoms with van der Waals surface area (Å²) in [6.45, 7) is 16.8. The van der Waals surface area contributed by atoms with Gasteiger partial charge in [-0.25, -0.2) is 28.4 Å². The number of nitrogens with zero attached hydrogens (tertiary/aromatic N) is 8. The number of fused-ring (bicyclic) bond motifs is 1. The van der Waals surface area contributed by atoms with Crippen LogP contribution in [0, 0.1) is 5.41 Å². The highest BCUT2D eigenvalue weighted by Crippen LogP contribution is 2.37. The first-order valence-corrected chi connectivity index (χ1v) is 18.8. The Morgan fingerprint density at radius 2 is 1.73 bits per heavy atom. The number of benzene rings is 1. The van der Waals surface area contributed by atoms with Gasteiger partial charge < -0.3 is 35.9 Å². The van der Waals surface area contributed by atoms with Crippen molar-refractivity contribution >= 4 is 44.1 Å². The topological polar surface area (TPSA) is 187 Å². The van der Waals surface area contributed by atoms with Crippen molar-refractivity contribution < 1.29 is 17.9 Å². The Morgan fingerprint density at radius 1 is 1.04 bits per heavy atom. The van der Waals surface area contributed by atoms with Crippen LogP contribution in [0.3, 0.4) is 0 Å². The van der Waals surface area contributed by atoms with Crippen molar-refractivity contribution in [1.29, 1.82) is 5.41 Å². The van der Waals surface area contributed by atoms with Gasteiger partial charge in [-0.15, -0.1) is 0 Å². The summed E-state index contributed by atoms with van der Waals surface area (Å²) in [5, 5.41) is 11.4. The highest BCUT2D eigenvalue weighted by molar-refractivity contribution is 7.92. The zero-order valence-electron chi connectivity index (χ0n) is 30.7. The van der Waals surface area contributed by atoms with Gasteiger partial charge in [0.2, 0.25) is 5.95 Å². The lowest BCUT2D eigenvalue weighted by Gasteiger charge is -2.37. The second-order valence-electron chi connectivity index (χ2n) is 14.3. The zero-order valence-corrected chi connectivity index (χ0v) is 31.5. The summed E-state index contributed by atoms with van der Waals surface area (Å²) < 4.78 is 32.6. The molecule has 0 aliphatic carbocycles. The highest BCUT2D eigenvalue weighted by atomic mass is 32.2. The standard InChI is InChI=1S/C35H51N11O4S/c1-23-21-46(13-10-43(23)7)34-38-19-26(20-39-34)33(47)45-14-11-44(12-15-45)9-8-16-50-29-18-28-27(17-30(29)51(48,49)35(4,5)6)32(41-22-40-28)42-31(37)24(2)25(3)36/h17-20,22-23,36H,8-16,21,37H2,1-7H3,(H,40,41,42)/b31-24+,36-25?/t23-/m1/s1. The fourth-order valence-corrected chi connectivity index (χ4v) is 7.21. The number of nitrogens with one attached hydrogen (secondary N) is 2. The lowest BCUT2D eigenvalue weighted by Crippen LogP contribution is -2.50. The molecular weight excluding hydrogens is 671 g/mol. The molecule has 51 heavy (non-hydrogen) atoms. The van der Waals surface area contributed by atoms with Crippen molar-refractivity contribution in [3.8, 4) is 5.75 Å². The minimum absolute atomic E-state index is 0.0464. The van der Waals surface area contributed by atoms with E-state index in [-0.39, 0.29) is 29.0 Å². The third kappa shape index (κ3) is 8.56. The van der Waals surface area contributed by atoms with Crippen LogP contribution in [0.15, 0.2) is 47.1 Å². The van der Waals surface area contributed by atoms with Crippen LogP contribution < -0.4 is 20.7 Å². The molecule has 0 bridgehead atoms. The van der Waals surface area contributed by atoms with Crippen molar-refractivity contribution in [2.24, 2.45) is 5.73 Å². The molecule has 1 aromatic carbocycles. The van der Waals surface area contributed by atoms with Crippen LogP contribution in [0.2, 0.25) is 0 Å². The van der Waals surface area contributed by atoms with Crippen LogP contribution in [0.5, 0.6) is 5.75 Å². The molecule has 4 heterocycles. The van der Waals surface area contributed by atoms with E-state index in [9.17, 15) is 13.2 Å². The minimum Gasteiger partial charge on any atom is -0.492 e. The number of aromatic nitrogens is 4. The molecule has 0 saturated carbocycles. The van der Waals surface area contributed by atoms with Crippen LogP contribution in [0.4, 0.5) is 11.8 Å². The lowest BCUT2D eigenvalue weighted by molar-refractivity contribution is 0.0629. The molecule has 0 radical (unpaired) electrons. The normalized spacial score (nSPS) is 18.5. The zero-order chi connectivity index (χ0) is 37.1. The van der Waals surface area contributed by atoms with Crippen molar-refractivity contribution in [3.63, 3.8) is 0 Å². The maximum Gasteiger partial charge on any atom is 0.257 e. The SMILES string of the molecule is CC(=N)/C(C)=C(\N)Nc1ncnc2cc(OCCCN3CCN(C(=O)c4cnc(N5CCN(C)[C@H](C)C5)nc4)CC3)c(S(=O)(=O)C(C)(C)C)cc12. The summed E-state index contributed by atoms with van der Waals surface area (Å²) in [4.78, 5) is 39.5. The Bertz CT molecular complexity index is 1890. The van der Waals surface area contributed by atoms with Gasteiger partial charge in [-0.3, -0.25) is 9.69 Å². The molecule has 3 aromatic rings. The van der Waals surface area contributed by atoms with Gasteiger partial charge in [-0.05, 0) is 61.1 Å².